The first-order valence-electron chi connectivity index (χ1n) is 15.6. The second kappa shape index (κ2) is 9.70. The van der Waals surface area contributed by atoms with Crippen molar-refractivity contribution in [2.24, 2.45) is 5.92 Å². The lowest BCUT2D eigenvalue weighted by Crippen LogP contribution is -2.66. The Kier molecular flexibility index (Phi) is 6.22. The van der Waals surface area contributed by atoms with Crippen LogP contribution in [0.3, 0.4) is 0 Å². The summed E-state index contributed by atoms with van der Waals surface area (Å²) in [6.45, 7) is 6.53. The molecule has 10 nitrogen and oxygen atoms in total. The van der Waals surface area contributed by atoms with Crippen LogP contribution in [0.2, 0.25) is 5.02 Å². The number of benzene rings is 2. The van der Waals surface area contributed by atoms with E-state index in [9.17, 15) is 19.5 Å². The highest BCUT2D eigenvalue weighted by atomic mass is 35.5. The third-order valence-corrected chi connectivity index (χ3v) is 10.9. The summed E-state index contributed by atoms with van der Waals surface area (Å²) >= 11 is 6.14. The molecule has 1 aromatic heterocycles. The molecule has 5 aliphatic rings. The van der Waals surface area contributed by atoms with Crippen LogP contribution in [0.15, 0.2) is 45.6 Å². The monoisotopic (exact) mass is 634 g/mol. The number of likely N-dealkylation sites (tertiary alicyclic amines) is 1. The average Bonchev–Trinajstić information content (AvgIpc) is 3.62. The van der Waals surface area contributed by atoms with Crippen LogP contribution >= 0.6 is 11.6 Å². The summed E-state index contributed by atoms with van der Waals surface area (Å²) in [5.74, 6) is 0.867. The van der Waals surface area contributed by atoms with Crippen molar-refractivity contribution < 1.29 is 33.3 Å². The number of hydrogen-bond donors (Lipinski definition) is 1. The van der Waals surface area contributed by atoms with Crippen molar-refractivity contribution in [1.29, 1.82) is 0 Å². The number of Topliss-reactive ketones (excluding diaryl/α,β-unsaturated/α-hetero) is 1. The number of halogens is 1. The maximum Gasteiger partial charge on any atom is 0.514 e. The Morgan fingerprint density at radius 1 is 1.20 bits per heavy atom. The third kappa shape index (κ3) is 4.11. The summed E-state index contributed by atoms with van der Waals surface area (Å²) < 4.78 is 24.7. The van der Waals surface area contributed by atoms with Crippen LogP contribution in [0.5, 0.6) is 11.5 Å². The number of rotatable bonds is 7. The molecule has 0 unspecified atom stereocenters. The topological polar surface area (TPSA) is 120 Å². The fraction of sp³-hybridized carbons (Fsp3) is 0.500. The molecule has 11 heteroatoms. The molecule has 2 aliphatic heterocycles. The van der Waals surface area contributed by atoms with Gasteiger partial charge in [0.25, 0.3) is 0 Å². The molecule has 236 valence electrons. The zero-order chi connectivity index (χ0) is 31.5. The molecule has 1 spiro atoms. The fourth-order valence-electron chi connectivity index (χ4n) is 8.55. The maximum absolute atomic E-state index is 13.3. The Morgan fingerprint density at radius 2 is 2.00 bits per heavy atom. The van der Waals surface area contributed by atoms with Crippen molar-refractivity contribution >= 4 is 23.5 Å². The Morgan fingerprint density at radius 3 is 2.76 bits per heavy atom. The number of carbonyl (C=O) groups excluding carboxylic acids is 2. The van der Waals surface area contributed by atoms with Crippen LogP contribution in [0.1, 0.15) is 56.4 Å². The van der Waals surface area contributed by atoms with Gasteiger partial charge in [-0.2, -0.15) is 0 Å². The predicted molar refractivity (Wildman–Crippen MR) is 163 cm³/mol. The smallest absolute Gasteiger partial charge is 0.477 e. The van der Waals surface area contributed by atoms with Crippen LogP contribution < -0.4 is 15.2 Å². The molecule has 45 heavy (non-hydrogen) atoms. The number of ether oxygens (including phenoxy) is 3. The van der Waals surface area contributed by atoms with Crippen LogP contribution in [-0.4, -0.2) is 64.0 Å². The molecule has 3 fully saturated rings. The SMILES string of the molecule is Cc1c(-c2cccc(Cl)c2)oc(=O)n1C(C)(C)COC(=O)Oc1ccc2c3c1O[C@H]1C(=O)CC[C@@]4(O)[C@@H](C2)N(CC2CC2)C[C@]314. The first kappa shape index (κ1) is 28.8. The molecule has 3 aliphatic carbocycles. The van der Waals surface area contributed by atoms with Gasteiger partial charge in [-0.05, 0) is 76.1 Å². The molecule has 3 aromatic rings. The summed E-state index contributed by atoms with van der Waals surface area (Å²) in [6.07, 6.45) is 1.87. The van der Waals surface area contributed by atoms with Gasteiger partial charge < -0.3 is 23.7 Å². The predicted octanol–water partition coefficient (Wildman–Crippen LogP) is 4.76. The molecule has 1 N–H and O–H groups in total. The number of ketones is 1. The standard InChI is InChI=1S/C34H35ClN2O8/c1-18-27(21-5-4-6-22(35)13-21)45-30(39)37(18)32(2,3)17-42-31(40)43-24-10-9-20-14-25-34(41)12-11-23(38)29-33(34,26(20)28(24)44-29)16-36(25)15-19-7-8-19/h4-6,9-10,13,19,25,29,41H,7-8,11-12,14-17H2,1-3H3/t25-,29+,33+,34-/m1/s1. The van der Waals surface area contributed by atoms with Gasteiger partial charge in [-0.1, -0.05) is 29.8 Å². The summed E-state index contributed by atoms with van der Waals surface area (Å²) in [4.78, 5) is 41.7. The second-order valence-corrected chi connectivity index (χ2v) is 14.4. The molecule has 2 saturated carbocycles. The lowest BCUT2D eigenvalue weighted by molar-refractivity contribution is -0.147. The molecule has 2 aromatic carbocycles. The van der Waals surface area contributed by atoms with Gasteiger partial charge in [-0.25, -0.2) is 9.59 Å². The molecule has 3 heterocycles. The van der Waals surface area contributed by atoms with Gasteiger partial charge in [0.2, 0.25) is 0 Å². The van der Waals surface area contributed by atoms with Crippen molar-refractivity contribution in [3.05, 3.63) is 68.8 Å². The van der Waals surface area contributed by atoms with E-state index in [2.05, 4.69) is 4.90 Å². The van der Waals surface area contributed by atoms with Crippen molar-refractivity contribution in [2.45, 2.75) is 81.6 Å². The van der Waals surface area contributed by atoms with Crippen molar-refractivity contribution in [2.75, 3.05) is 19.7 Å². The molecule has 0 amide bonds. The van der Waals surface area contributed by atoms with Crippen molar-refractivity contribution in [1.82, 2.24) is 9.47 Å². The first-order valence-corrected chi connectivity index (χ1v) is 16.0. The van der Waals surface area contributed by atoms with E-state index in [1.165, 1.54) is 17.4 Å². The van der Waals surface area contributed by atoms with E-state index in [0.29, 0.717) is 53.1 Å². The first-order chi connectivity index (χ1) is 21.4. The number of carbonyl (C=O) groups is 2. The number of aromatic nitrogens is 1. The molecule has 1 saturated heterocycles. The highest BCUT2D eigenvalue weighted by molar-refractivity contribution is 6.30. The Bertz CT molecular complexity index is 1820. The minimum atomic E-state index is -1.10. The number of nitrogens with zero attached hydrogens (tertiary/aromatic N) is 2. The van der Waals surface area contributed by atoms with Gasteiger partial charge in [0.1, 0.15) is 6.61 Å². The zero-order valence-corrected chi connectivity index (χ0v) is 26.2. The molecule has 8 rings (SSSR count). The largest absolute Gasteiger partial charge is 0.514 e. The number of oxazole rings is 1. The Labute approximate surface area is 264 Å². The fourth-order valence-corrected chi connectivity index (χ4v) is 8.74. The number of hydrogen-bond acceptors (Lipinski definition) is 9. The van der Waals surface area contributed by atoms with Gasteiger partial charge in [-0.15, -0.1) is 0 Å². The van der Waals surface area contributed by atoms with E-state index in [4.69, 9.17) is 30.2 Å². The normalized spacial score (nSPS) is 28.2. The Hall–Kier alpha value is -3.60. The quantitative estimate of drug-likeness (QED) is 0.290. The van der Waals surface area contributed by atoms with Crippen LogP contribution in [0, 0.1) is 12.8 Å². The van der Waals surface area contributed by atoms with Gasteiger partial charge >= 0.3 is 11.9 Å². The van der Waals surface area contributed by atoms with Gasteiger partial charge in [-0.3, -0.25) is 14.3 Å². The van der Waals surface area contributed by atoms with Gasteiger partial charge in [0.05, 0.1) is 22.2 Å². The van der Waals surface area contributed by atoms with E-state index < -0.39 is 34.6 Å². The van der Waals surface area contributed by atoms with E-state index in [-0.39, 0.29) is 30.6 Å². The minimum Gasteiger partial charge on any atom is -0.477 e. The van der Waals surface area contributed by atoms with E-state index in [1.807, 2.05) is 6.07 Å². The Balaban J connectivity index is 1.05. The summed E-state index contributed by atoms with van der Waals surface area (Å²) in [5, 5.41) is 12.8. The lowest BCUT2D eigenvalue weighted by atomic mass is 9.54. The van der Waals surface area contributed by atoms with Crippen LogP contribution in [0.25, 0.3) is 11.3 Å². The number of aliphatic hydroxyl groups is 1. The molecule has 2 bridgehead atoms. The lowest BCUT2D eigenvalue weighted by Gasteiger charge is -2.50. The molecular weight excluding hydrogens is 600 g/mol. The van der Waals surface area contributed by atoms with E-state index in [0.717, 1.165) is 17.7 Å². The molecular formula is C34H35ClN2O8. The summed E-state index contributed by atoms with van der Waals surface area (Å²) in [6, 6.07) is 10.5. The molecule has 4 atom stereocenters. The summed E-state index contributed by atoms with van der Waals surface area (Å²) in [7, 11) is 0. The average molecular weight is 635 g/mol. The van der Waals surface area contributed by atoms with Crippen LogP contribution in [0.4, 0.5) is 4.79 Å². The van der Waals surface area contributed by atoms with Crippen LogP contribution in [-0.2, 0) is 26.9 Å². The van der Waals surface area contributed by atoms with Crippen molar-refractivity contribution in [3.63, 3.8) is 0 Å². The summed E-state index contributed by atoms with van der Waals surface area (Å²) in [5.41, 5.74) is 0.0553. The zero-order valence-electron chi connectivity index (χ0n) is 25.4. The van der Waals surface area contributed by atoms with Gasteiger partial charge in [0.15, 0.2) is 29.1 Å². The molecule has 0 radical (unpaired) electrons. The maximum atomic E-state index is 13.3. The third-order valence-electron chi connectivity index (χ3n) is 10.7. The van der Waals surface area contributed by atoms with Crippen molar-refractivity contribution in [3.8, 4) is 22.8 Å². The highest BCUT2D eigenvalue weighted by Crippen LogP contribution is 2.65. The van der Waals surface area contributed by atoms with E-state index >= 15 is 0 Å². The van der Waals surface area contributed by atoms with E-state index in [1.54, 1.807) is 51.1 Å². The highest BCUT2D eigenvalue weighted by Gasteiger charge is 2.76. The second-order valence-electron chi connectivity index (χ2n) is 14.0. The van der Waals surface area contributed by atoms with Gasteiger partial charge in [0, 0.05) is 41.7 Å². The minimum absolute atomic E-state index is 0.0379.